The molecule has 0 heterocycles. The average molecular weight is 296 g/mol. The number of nitrogens with two attached hydrogens (primary N) is 1. The second-order valence-electron chi connectivity index (χ2n) is 5.76. The molecule has 1 saturated carbocycles. The Morgan fingerprint density at radius 1 is 1.24 bits per heavy atom. The molecule has 0 aliphatic heterocycles. The van der Waals surface area contributed by atoms with Gasteiger partial charge in [-0.3, -0.25) is 0 Å². The molecule has 0 bridgehead atoms. The van der Waals surface area contributed by atoms with E-state index in [2.05, 4.69) is 54.0 Å². The lowest BCUT2D eigenvalue weighted by Crippen LogP contribution is -2.43. The van der Waals surface area contributed by atoms with Crippen molar-refractivity contribution in [2.24, 2.45) is 17.6 Å². The monoisotopic (exact) mass is 295 g/mol. The number of hydrogen-bond acceptors (Lipinski definition) is 1. The van der Waals surface area contributed by atoms with Gasteiger partial charge in [0.05, 0.1) is 0 Å². The molecule has 0 aromatic heterocycles. The summed E-state index contributed by atoms with van der Waals surface area (Å²) in [5.41, 5.74) is 7.69. The largest absolute Gasteiger partial charge is 0.321 e. The van der Waals surface area contributed by atoms with Crippen molar-refractivity contribution in [2.45, 2.75) is 45.1 Å². The van der Waals surface area contributed by atoms with E-state index in [-0.39, 0.29) is 5.54 Å². The summed E-state index contributed by atoms with van der Waals surface area (Å²) in [5, 5.41) is 0. The lowest BCUT2D eigenvalue weighted by atomic mass is 9.70. The van der Waals surface area contributed by atoms with Crippen LogP contribution in [0.5, 0.6) is 0 Å². The summed E-state index contributed by atoms with van der Waals surface area (Å²) in [7, 11) is 0. The van der Waals surface area contributed by atoms with Gasteiger partial charge in [-0.1, -0.05) is 47.8 Å². The number of rotatable bonds is 2. The molecular formula is C15H22BrN. The van der Waals surface area contributed by atoms with Crippen LogP contribution in [0, 0.1) is 11.8 Å². The van der Waals surface area contributed by atoms with E-state index in [1.165, 1.54) is 31.2 Å². The highest BCUT2D eigenvalue weighted by molar-refractivity contribution is 9.10. The van der Waals surface area contributed by atoms with Gasteiger partial charge in [-0.15, -0.1) is 0 Å². The van der Waals surface area contributed by atoms with Gasteiger partial charge in [0.1, 0.15) is 0 Å². The number of hydrogen-bond donors (Lipinski definition) is 1. The summed E-state index contributed by atoms with van der Waals surface area (Å²) in [4.78, 5) is 0. The first kappa shape index (κ1) is 13.1. The van der Waals surface area contributed by atoms with Crippen LogP contribution in [0.25, 0.3) is 0 Å². The maximum absolute atomic E-state index is 6.61. The first-order valence-electron chi connectivity index (χ1n) is 6.55. The van der Waals surface area contributed by atoms with E-state index in [1.54, 1.807) is 0 Å². The van der Waals surface area contributed by atoms with Gasteiger partial charge in [-0.2, -0.15) is 0 Å². The van der Waals surface area contributed by atoms with Crippen molar-refractivity contribution in [1.29, 1.82) is 0 Å². The lowest BCUT2D eigenvalue weighted by molar-refractivity contribution is 0.185. The molecule has 3 unspecified atom stereocenters. The van der Waals surface area contributed by atoms with Crippen LogP contribution in [0.15, 0.2) is 28.7 Å². The Kier molecular flexibility index (Phi) is 3.94. The molecular weight excluding hydrogens is 274 g/mol. The van der Waals surface area contributed by atoms with Crippen molar-refractivity contribution < 1.29 is 0 Å². The summed E-state index contributed by atoms with van der Waals surface area (Å²) in [6, 6.07) is 8.49. The fraction of sp³-hybridized carbons (Fsp3) is 0.600. The molecule has 1 aliphatic rings. The van der Waals surface area contributed by atoms with Crippen molar-refractivity contribution in [3.05, 3.63) is 34.3 Å². The maximum atomic E-state index is 6.61. The number of halogens is 1. The Labute approximate surface area is 113 Å². The fourth-order valence-electron chi connectivity index (χ4n) is 3.02. The standard InChI is InChI=1S/C15H22BrN/c1-11-4-3-5-13(10-11)15(2,17)12-6-8-14(16)9-7-12/h6-9,11,13H,3-5,10,17H2,1-2H3. The molecule has 0 spiro atoms. The molecule has 1 aromatic rings. The van der Waals surface area contributed by atoms with Crippen LogP contribution in [0.4, 0.5) is 0 Å². The highest BCUT2D eigenvalue weighted by atomic mass is 79.9. The predicted octanol–water partition coefficient (Wildman–Crippen LogP) is 4.45. The molecule has 3 atom stereocenters. The van der Waals surface area contributed by atoms with Gasteiger partial charge >= 0.3 is 0 Å². The molecule has 94 valence electrons. The zero-order chi connectivity index (χ0) is 12.5. The van der Waals surface area contributed by atoms with E-state index in [9.17, 15) is 0 Å². The molecule has 1 fully saturated rings. The van der Waals surface area contributed by atoms with Crippen LogP contribution in [0.2, 0.25) is 0 Å². The summed E-state index contributed by atoms with van der Waals surface area (Å²) in [6.45, 7) is 4.54. The third-order valence-electron chi connectivity index (χ3n) is 4.25. The van der Waals surface area contributed by atoms with Crippen LogP contribution < -0.4 is 5.73 Å². The minimum absolute atomic E-state index is 0.185. The molecule has 0 radical (unpaired) electrons. The summed E-state index contributed by atoms with van der Waals surface area (Å²) in [6.07, 6.45) is 5.23. The van der Waals surface area contributed by atoms with Crippen LogP contribution in [0.3, 0.4) is 0 Å². The third-order valence-corrected chi connectivity index (χ3v) is 4.78. The molecule has 1 aliphatic carbocycles. The minimum Gasteiger partial charge on any atom is -0.321 e. The van der Waals surface area contributed by atoms with Gasteiger partial charge in [0, 0.05) is 10.0 Å². The van der Waals surface area contributed by atoms with Gasteiger partial charge in [-0.05, 0) is 49.3 Å². The molecule has 1 nitrogen and oxygen atoms in total. The zero-order valence-electron chi connectivity index (χ0n) is 10.7. The van der Waals surface area contributed by atoms with E-state index in [0.717, 1.165) is 10.4 Å². The van der Waals surface area contributed by atoms with Crippen LogP contribution in [-0.2, 0) is 5.54 Å². The van der Waals surface area contributed by atoms with Gasteiger partial charge in [0.25, 0.3) is 0 Å². The van der Waals surface area contributed by atoms with E-state index in [0.29, 0.717) is 5.92 Å². The zero-order valence-corrected chi connectivity index (χ0v) is 12.3. The van der Waals surface area contributed by atoms with Gasteiger partial charge < -0.3 is 5.73 Å². The SMILES string of the molecule is CC1CCCC(C(C)(N)c2ccc(Br)cc2)C1. The predicted molar refractivity (Wildman–Crippen MR) is 76.8 cm³/mol. The van der Waals surface area contributed by atoms with E-state index in [1.807, 2.05) is 0 Å². The second kappa shape index (κ2) is 5.11. The molecule has 17 heavy (non-hydrogen) atoms. The van der Waals surface area contributed by atoms with E-state index in [4.69, 9.17) is 5.73 Å². The van der Waals surface area contributed by atoms with Crippen molar-refractivity contribution in [2.75, 3.05) is 0 Å². The van der Waals surface area contributed by atoms with E-state index < -0.39 is 0 Å². The topological polar surface area (TPSA) is 26.0 Å². The average Bonchev–Trinajstić information content (AvgIpc) is 2.29. The third kappa shape index (κ3) is 2.92. The summed E-state index contributed by atoms with van der Waals surface area (Å²) >= 11 is 3.48. The molecule has 2 rings (SSSR count). The lowest BCUT2D eigenvalue weighted by Gasteiger charge is -2.39. The highest BCUT2D eigenvalue weighted by Crippen LogP contribution is 2.39. The van der Waals surface area contributed by atoms with Gasteiger partial charge in [0.15, 0.2) is 0 Å². The van der Waals surface area contributed by atoms with Gasteiger partial charge in [-0.25, -0.2) is 0 Å². The van der Waals surface area contributed by atoms with E-state index >= 15 is 0 Å². The second-order valence-corrected chi connectivity index (χ2v) is 6.67. The van der Waals surface area contributed by atoms with Crippen LogP contribution in [-0.4, -0.2) is 0 Å². The van der Waals surface area contributed by atoms with Gasteiger partial charge in [0.2, 0.25) is 0 Å². The van der Waals surface area contributed by atoms with Crippen molar-refractivity contribution in [3.63, 3.8) is 0 Å². The Balaban J connectivity index is 2.19. The fourth-order valence-corrected chi connectivity index (χ4v) is 3.29. The Morgan fingerprint density at radius 2 is 1.88 bits per heavy atom. The summed E-state index contributed by atoms with van der Waals surface area (Å²) < 4.78 is 1.12. The number of benzene rings is 1. The molecule has 2 heteroatoms. The van der Waals surface area contributed by atoms with Crippen molar-refractivity contribution >= 4 is 15.9 Å². The molecule has 0 amide bonds. The Hall–Kier alpha value is -0.340. The Bertz CT molecular complexity index is 369. The molecule has 0 saturated heterocycles. The van der Waals surface area contributed by atoms with Crippen molar-refractivity contribution in [3.8, 4) is 0 Å². The molecule has 1 aromatic carbocycles. The smallest absolute Gasteiger partial charge is 0.0409 e. The summed E-state index contributed by atoms with van der Waals surface area (Å²) in [5.74, 6) is 1.44. The van der Waals surface area contributed by atoms with Crippen LogP contribution in [0.1, 0.15) is 45.1 Å². The first-order chi connectivity index (χ1) is 8.00. The van der Waals surface area contributed by atoms with Crippen molar-refractivity contribution in [1.82, 2.24) is 0 Å². The minimum atomic E-state index is -0.185. The maximum Gasteiger partial charge on any atom is 0.0409 e. The Morgan fingerprint density at radius 3 is 2.47 bits per heavy atom. The molecule has 2 N–H and O–H groups in total. The normalized spacial score (nSPS) is 28.7. The highest BCUT2D eigenvalue weighted by Gasteiger charge is 2.34. The first-order valence-corrected chi connectivity index (χ1v) is 7.34. The van der Waals surface area contributed by atoms with Crippen LogP contribution >= 0.6 is 15.9 Å². The quantitative estimate of drug-likeness (QED) is 0.857.